The smallest absolute Gasteiger partial charge is 0.315 e. The van der Waals surface area contributed by atoms with Crippen molar-refractivity contribution >= 4 is 11.8 Å². The minimum Gasteiger partial charge on any atom is -0.357 e. The molecule has 0 radical (unpaired) electrons. The Hall–Kier alpha value is -2.57. The van der Waals surface area contributed by atoms with Gasteiger partial charge in [0.1, 0.15) is 5.82 Å². The second-order valence-electron chi connectivity index (χ2n) is 6.31. The van der Waals surface area contributed by atoms with Gasteiger partial charge in [-0.2, -0.15) is 5.10 Å². The van der Waals surface area contributed by atoms with Crippen LogP contribution >= 0.6 is 0 Å². The second kappa shape index (κ2) is 9.79. The summed E-state index contributed by atoms with van der Waals surface area (Å²) in [4.78, 5) is 18.5. The van der Waals surface area contributed by atoms with Crippen LogP contribution in [0.1, 0.15) is 37.2 Å². The van der Waals surface area contributed by atoms with Crippen LogP contribution in [0, 0.1) is 13.8 Å². The van der Waals surface area contributed by atoms with Gasteiger partial charge in [-0.3, -0.25) is 4.68 Å². The molecule has 142 valence electrons. The monoisotopic (exact) mass is 358 g/mol. The molecule has 0 aliphatic rings. The van der Waals surface area contributed by atoms with Crippen LogP contribution in [0.2, 0.25) is 0 Å². The summed E-state index contributed by atoms with van der Waals surface area (Å²) in [6, 6.07) is 5.89. The molecule has 0 saturated heterocycles. The lowest BCUT2D eigenvalue weighted by Crippen LogP contribution is -2.36. The van der Waals surface area contributed by atoms with E-state index in [0.717, 1.165) is 48.8 Å². The standard InChI is InChI=1S/C19H30N6O/c1-5-24(6-2)18-9-8-17(13-21-18)14-22-19(26)20-10-7-11-25-16(4)12-15(3)23-25/h8-9,12-13H,5-7,10-11,14H2,1-4H3,(H2,20,22,26). The van der Waals surface area contributed by atoms with Crippen LogP contribution in [-0.4, -0.2) is 40.4 Å². The molecule has 0 fully saturated rings. The fourth-order valence-electron chi connectivity index (χ4n) is 2.83. The number of pyridine rings is 1. The molecule has 0 atom stereocenters. The van der Waals surface area contributed by atoms with Gasteiger partial charge in [0.15, 0.2) is 0 Å². The first-order valence-corrected chi connectivity index (χ1v) is 9.26. The zero-order chi connectivity index (χ0) is 18.9. The predicted molar refractivity (Wildman–Crippen MR) is 104 cm³/mol. The van der Waals surface area contributed by atoms with Crippen molar-refractivity contribution in [3.8, 4) is 0 Å². The van der Waals surface area contributed by atoms with Crippen LogP contribution in [0.4, 0.5) is 10.6 Å². The number of nitrogens with zero attached hydrogens (tertiary/aromatic N) is 4. The fraction of sp³-hybridized carbons (Fsp3) is 0.526. The highest BCUT2D eigenvalue weighted by Crippen LogP contribution is 2.10. The molecule has 0 saturated carbocycles. The average molecular weight is 358 g/mol. The first-order chi connectivity index (χ1) is 12.5. The van der Waals surface area contributed by atoms with Crippen LogP contribution in [0.5, 0.6) is 0 Å². The molecular weight excluding hydrogens is 328 g/mol. The van der Waals surface area contributed by atoms with Gasteiger partial charge < -0.3 is 15.5 Å². The molecule has 0 unspecified atom stereocenters. The zero-order valence-electron chi connectivity index (χ0n) is 16.2. The number of carbonyl (C=O) groups is 1. The third-order valence-corrected chi connectivity index (χ3v) is 4.29. The van der Waals surface area contributed by atoms with Crippen molar-refractivity contribution in [2.75, 3.05) is 24.5 Å². The molecule has 0 bridgehead atoms. The van der Waals surface area contributed by atoms with E-state index in [2.05, 4.69) is 45.5 Å². The van der Waals surface area contributed by atoms with Crippen molar-refractivity contribution in [2.24, 2.45) is 0 Å². The quantitative estimate of drug-likeness (QED) is 0.676. The van der Waals surface area contributed by atoms with Gasteiger partial charge >= 0.3 is 6.03 Å². The third kappa shape index (κ3) is 5.75. The predicted octanol–water partition coefficient (Wildman–Crippen LogP) is 2.63. The lowest BCUT2D eigenvalue weighted by molar-refractivity contribution is 0.240. The van der Waals surface area contributed by atoms with Crippen molar-refractivity contribution in [2.45, 2.75) is 47.2 Å². The van der Waals surface area contributed by atoms with E-state index in [-0.39, 0.29) is 6.03 Å². The van der Waals surface area contributed by atoms with Crippen LogP contribution in [0.15, 0.2) is 24.4 Å². The Morgan fingerprint density at radius 1 is 1.19 bits per heavy atom. The average Bonchev–Trinajstić information content (AvgIpc) is 2.96. The maximum Gasteiger partial charge on any atom is 0.315 e. The molecule has 2 aromatic heterocycles. The summed E-state index contributed by atoms with van der Waals surface area (Å²) in [5, 5.41) is 10.2. The number of aryl methyl sites for hydroxylation is 3. The molecule has 2 rings (SSSR count). The summed E-state index contributed by atoms with van der Waals surface area (Å²) < 4.78 is 1.97. The lowest BCUT2D eigenvalue weighted by Gasteiger charge is -2.19. The SMILES string of the molecule is CCN(CC)c1ccc(CNC(=O)NCCCn2nc(C)cc2C)cn1. The molecule has 0 aliphatic carbocycles. The molecule has 2 aromatic rings. The van der Waals surface area contributed by atoms with Crippen molar-refractivity contribution in [1.29, 1.82) is 0 Å². The van der Waals surface area contributed by atoms with Crippen molar-refractivity contribution in [3.63, 3.8) is 0 Å². The molecular formula is C19H30N6O. The van der Waals surface area contributed by atoms with Crippen molar-refractivity contribution in [3.05, 3.63) is 41.3 Å². The summed E-state index contributed by atoms with van der Waals surface area (Å²) in [6.45, 7) is 12.0. The highest BCUT2D eigenvalue weighted by Gasteiger charge is 2.05. The van der Waals surface area contributed by atoms with Gasteiger partial charge in [-0.15, -0.1) is 0 Å². The van der Waals surface area contributed by atoms with Crippen LogP contribution in [0.25, 0.3) is 0 Å². The number of hydrogen-bond donors (Lipinski definition) is 2. The number of carbonyl (C=O) groups excluding carboxylic acids is 1. The number of rotatable bonds is 9. The molecule has 7 nitrogen and oxygen atoms in total. The third-order valence-electron chi connectivity index (χ3n) is 4.29. The summed E-state index contributed by atoms with van der Waals surface area (Å²) >= 11 is 0. The van der Waals surface area contributed by atoms with E-state index in [1.807, 2.05) is 36.9 Å². The number of aromatic nitrogens is 3. The van der Waals surface area contributed by atoms with Gasteiger partial charge in [-0.1, -0.05) is 6.07 Å². The van der Waals surface area contributed by atoms with E-state index in [9.17, 15) is 4.79 Å². The van der Waals surface area contributed by atoms with Crippen LogP contribution < -0.4 is 15.5 Å². The normalized spacial score (nSPS) is 10.6. The largest absolute Gasteiger partial charge is 0.357 e. The highest BCUT2D eigenvalue weighted by molar-refractivity contribution is 5.73. The van der Waals surface area contributed by atoms with Gasteiger partial charge in [0.05, 0.1) is 5.69 Å². The Balaban J connectivity index is 1.67. The molecule has 0 aromatic carbocycles. The summed E-state index contributed by atoms with van der Waals surface area (Å²) in [7, 11) is 0. The van der Waals surface area contributed by atoms with Gasteiger partial charge in [-0.25, -0.2) is 9.78 Å². The first kappa shape index (κ1) is 19.8. The lowest BCUT2D eigenvalue weighted by atomic mass is 10.2. The molecule has 7 heteroatoms. The summed E-state index contributed by atoms with van der Waals surface area (Å²) in [5.74, 6) is 0.965. The summed E-state index contributed by atoms with van der Waals surface area (Å²) in [5.41, 5.74) is 3.15. The van der Waals surface area contributed by atoms with Gasteiger partial charge in [-0.05, 0) is 51.8 Å². The first-order valence-electron chi connectivity index (χ1n) is 9.26. The van der Waals surface area contributed by atoms with E-state index in [1.54, 1.807) is 0 Å². The zero-order valence-corrected chi connectivity index (χ0v) is 16.2. The highest BCUT2D eigenvalue weighted by atomic mass is 16.2. The molecule has 2 amide bonds. The molecule has 2 heterocycles. The van der Waals surface area contributed by atoms with E-state index in [4.69, 9.17) is 0 Å². The summed E-state index contributed by atoms with van der Waals surface area (Å²) in [6.07, 6.45) is 2.66. The van der Waals surface area contributed by atoms with Gasteiger partial charge in [0.25, 0.3) is 0 Å². The van der Waals surface area contributed by atoms with Gasteiger partial charge in [0.2, 0.25) is 0 Å². The van der Waals surface area contributed by atoms with Crippen molar-refractivity contribution in [1.82, 2.24) is 25.4 Å². The topological polar surface area (TPSA) is 75.1 Å². The second-order valence-corrected chi connectivity index (χ2v) is 6.31. The maximum absolute atomic E-state index is 11.9. The Bertz CT molecular complexity index is 691. The van der Waals surface area contributed by atoms with E-state index >= 15 is 0 Å². The Labute approximate surface area is 155 Å². The molecule has 26 heavy (non-hydrogen) atoms. The Morgan fingerprint density at radius 3 is 2.54 bits per heavy atom. The number of amides is 2. The number of anilines is 1. The number of urea groups is 1. The van der Waals surface area contributed by atoms with Gasteiger partial charge in [0, 0.05) is 44.6 Å². The number of nitrogens with one attached hydrogen (secondary N) is 2. The van der Waals surface area contributed by atoms with E-state index in [1.165, 1.54) is 0 Å². The minimum absolute atomic E-state index is 0.161. The molecule has 0 spiro atoms. The molecule has 2 N–H and O–H groups in total. The fourth-order valence-corrected chi connectivity index (χ4v) is 2.83. The van der Waals surface area contributed by atoms with Crippen molar-refractivity contribution < 1.29 is 4.79 Å². The minimum atomic E-state index is -0.161. The van der Waals surface area contributed by atoms with Crippen LogP contribution in [0.3, 0.4) is 0 Å². The van der Waals surface area contributed by atoms with E-state index in [0.29, 0.717) is 13.1 Å². The van der Waals surface area contributed by atoms with E-state index < -0.39 is 0 Å². The molecule has 0 aliphatic heterocycles. The van der Waals surface area contributed by atoms with Crippen LogP contribution in [-0.2, 0) is 13.1 Å². The number of hydrogen-bond acceptors (Lipinski definition) is 4. The Morgan fingerprint density at radius 2 is 1.96 bits per heavy atom. The Kier molecular flexibility index (Phi) is 7.44. The maximum atomic E-state index is 11.9.